The smallest absolute Gasteiger partial charge is 0.260 e. The molecule has 1 aromatic carbocycles. The zero-order chi connectivity index (χ0) is 16.3. The largest absolute Gasteiger partial charge is 0.483 e. The summed E-state index contributed by atoms with van der Waals surface area (Å²) >= 11 is 0. The van der Waals surface area contributed by atoms with E-state index in [9.17, 15) is 9.59 Å². The molecule has 0 unspecified atom stereocenters. The van der Waals surface area contributed by atoms with E-state index in [1.807, 2.05) is 27.7 Å². The maximum Gasteiger partial charge on any atom is 0.260 e. The molecular weight excluding hydrogens is 280 g/mol. The second kappa shape index (κ2) is 6.64. The normalized spacial score (nSPS) is 11.2. The van der Waals surface area contributed by atoms with Crippen LogP contribution in [-0.2, 0) is 4.79 Å². The van der Waals surface area contributed by atoms with Gasteiger partial charge in [0, 0.05) is 23.7 Å². The summed E-state index contributed by atoms with van der Waals surface area (Å²) in [5.74, 6) is 0.483. The summed E-state index contributed by atoms with van der Waals surface area (Å²) in [4.78, 5) is 28.5. The second-order valence-electron chi connectivity index (χ2n) is 5.80. The Morgan fingerprint density at radius 2 is 1.82 bits per heavy atom. The molecule has 1 heterocycles. The molecule has 22 heavy (non-hydrogen) atoms. The van der Waals surface area contributed by atoms with E-state index in [4.69, 9.17) is 4.74 Å². The molecule has 0 saturated heterocycles. The number of carbonyl (C=O) groups excluding carboxylic acids is 1. The highest BCUT2D eigenvalue weighted by Crippen LogP contribution is 2.22. The molecule has 1 amide bonds. The Bertz CT molecular complexity index is 711. The first-order chi connectivity index (χ1) is 10.4. The molecule has 5 heteroatoms. The molecule has 1 aromatic heterocycles. The first-order valence-corrected chi connectivity index (χ1v) is 7.46. The number of carbonyl (C=O) groups is 1. The standard InChI is InChI=1S/C17H22N2O3/c1-11(2)19(12(3)4)16(20)10-22-15-7-5-6-14-13(15)8-9-18-17(14)21/h5-9,11-12H,10H2,1-4H3,(H,18,21). The fraction of sp³-hybridized carbons (Fsp3) is 0.412. The van der Waals surface area contributed by atoms with E-state index < -0.39 is 0 Å². The van der Waals surface area contributed by atoms with E-state index in [-0.39, 0.29) is 30.2 Å². The van der Waals surface area contributed by atoms with Crippen LogP contribution in [0.2, 0.25) is 0 Å². The number of nitrogens with zero attached hydrogens (tertiary/aromatic N) is 1. The summed E-state index contributed by atoms with van der Waals surface area (Å²) in [6, 6.07) is 7.26. The third-order valence-electron chi connectivity index (χ3n) is 3.53. The van der Waals surface area contributed by atoms with Gasteiger partial charge in [0.1, 0.15) is 5.75 Å². The number of fused-ring (bicyclic) bond motifs is 1. The highest BCUT2D eigenvalue weighted by Gasteiger charge is 2.20. The Labute approximate surface area is 129 Å². The van der Waals surface area contributed by atoms with Crippen LogP contribution in [0.15, 0.2) is 35.3 Å². The molecule has 0 aliphatic rings. The van der Waals surface area contributed by atoms with Gasteiger partial charge in [-0.3, -0.25) is 9.59 Å². The van der Waals surface area contributed by atoms with Crippen LogP contribution in [0.1, 0.15) is 27.7 Å². The molecule has 0 atom stereocenters. The van der Waals surface area contributed by atoms with Crippen LogP contribution in [0, 0.1) is 0 Å². The molecule has 0 aliphatic carbocycles. The fourth-order valence-electron chi connectivity index (χ4n) is 2.70. The van der Waals surface area contributed by atoms with E-state index in [2.05, 4.69) is 4.98 Å². The molecule has 5 nitrogen and oxygen atoms in total. The first-order valence-electron chi connectivity index (χ1n) is 7.46. The first kappa shape index (κ1) is 16.1. The Kier molecular flexibility index (Phi) is 4.85. The second-order valence-corrected chi connectivity index (χ2v) is 5.80. The number of rotatable bonds is 5. The van der Waals surface area contributed by atoms with Crippen molar-refractivity contribution in [3.05, 3.63) is 40.8 Å². The molecule has 2 aromatic rings. The van der Waals surface area contributed by atoms with Crippen LogP contribution < -0.4 is 10.3 Å². The van der Waals surface area contributed by atoms with E-state index in [0.29, 0.717) is 16.5 Å². The van der Waals surface area contributed by atoms with Crippen LogP contribution in [0.25, 0.3) is 10.8 Å². The molecule has 0 bridgehead atoms. The van der Waals surface area contributed by atoms with Crippen molar-refractivity contribution in [3.63, 3.8) is 0 Å². The SMILES string of the molecule is CC(C)N(C(=O)COc1cccc2c(=O)[nH]ccc12)C(C)C. The van der Waals surface area contributed by atoms with Gasteiger partial charge in [-0.15, -0.1) is 0 Å². The van der Waals surface area contributed by atoms with E-state index in [1.54, 1.807) is 35.4 Å². The lowest BCUT2D eigenvalue weighted by atomic mass is 10.1. The molecule has 0 radical (unpaired) electrons. The van der Waals surface area contributed by atoms with E-state index in [0.717, 1.165) is 0 Å². The number of ether oxygens (including phenoxy) is 1. The number of H-pyrrole nitrogens is 1. The van der Waals surface area contributed by atoms with E-state index in [1.165, 1.54) is 0 Å². The highest BCUT2D eigenvalue weighted by atomic mass is 16.5. The van der Waals surface area contributed by atoms with Crippen molar-refractivity contribution in [2.24, 2.45) is 0 Å². The van der Waals surface area contributed by atoms with Crippen LogP contribution in [0.4, 0.5) is 0 Å². The summed E-state index contributed by atoms with van der Waals surface area (Å²) in [6.45, 7) is 7.89. The number of amides is 1. The zero-order valence-corrected chi connectivity index (χ0v) is 13.4. The van der Waals surface area contributed by atoms with Crippen molar-refractivity contribution in [2.45, 2.75) is 39.8 Å². The maximum absolute atomic E-state index is 12.3. The molecule has 0 fully saturated rings. The van der Waals surface area contributed by atoms with Gasteiger partial charge in [0.15, 0.2) is 6.61 Å². The van der Waals surface area contributed by atoms with Crippen LogP contribution in [-0.4, -0.2) is 34.5 Å². The van der Waals surface area contributed by atoms with Gasteiger partial charge in [-0.05, 0) is 45.9 Å². The summed E-state index contributed by atoms with van der Waals surface area (Å²) in [5.41, 5.74) is -0.166. The Hall–Kier alpha value is -2.30. The quantitative estimate of drug-likeness (QED) is 0.923. The van der Waals surface area contributed by atoms with Crippen molar-refractivity contribution in [3.8, 4) is 5.75 Å². The van der Waals surface area contributed by atoms with Gasteiger partial charge in [-0.1, -0.05) is 6.07 Å². The van der Waals surface area contributed by atoms with Gasteiger partial charge in [-0.25, -0.2) is 0 Å². The number of nitrogens with one attached hydrogen (secondary N) is 1. The van der Waals surface area contributed by atoms with Gasteiger partial charge < -0.3 is 14.6 Å². The average Bonchev–Trinajstić information content (AvgIpc) is 2.45. The minimum absolute atomic E-state index is 0.0394. The summed E-state index contributed by atoms with van der Waals surface area (Å²) in [6.07, 6.45) is 1.58. The number of hydrogen-bond acceptors (Lipinski definition) is 3. The Balaban J connectivity index is 2.20. The molecule has 0 spiro atoms. The predicted molar refractivity (Wildman–Crippen MR) is 87.2 cm³/mol. The van der Waals surface area contributed by atoms with Crippen molar-refractivity contribution in [1.29, 1.82) is 0 Å². The summed E-state index contributed by atoms with van der Waals surface area (Å²) in [5, 5.41) is 1.26. The van der Waals surface area contributed by atoms with Crippen molar-refractivity contribution in [1.82, 2.24) is 9.88 Å². The monoisotopic (exact) mass is 302 g/mol. The molecule has 1 N–H and O–H groups in total. The van der Waals surface area contributed by atoms with Crippen LogP contribution in [0.5, 0.6) is 5.75 Å². The van der Waals surface area contributed by atoms with Gasteiger partial charge in [0.25, 0.3) is 11.5 Å². The van der Waals surface area contributed by atoms with E-state index >= 15 is 0 Å². The fourth-order valence-corrected chi connectivity index (χ4v) is 2.70. The van der Waals surface area contributed by atoms with Crippen LogP contribution in [0.3, 0.4) is 0 Å². The molecule has 118 valence electrons. The molecular formula is C17H22N2O3. The lowest BCUT2D eigenvalue weighted by Crippen LogP contribution is -2.44. The maximum atomic E-state index is 12.3. The number of aromatic nitrogens is 1. The molecule has 2 rings (SSSR count). The predicted octanol–water partition coefficient (Wildman–Crippen LogP) is 2.55. The van der Waals surface area contributed by atoms with Crippen molar-refractivity contribution in [2.75, 3.05) is 6.61 Å². The zero-order valence-electron chi connectivity index (χ0n) is 13.4. The van der Waals surface area contributed by atoms with Gasteiger partial charge in [0.2, 0.25) is 0 Å². The number of pyridine rings is 1. The third kappa shape index (κ3) is 3.30. The number of hydrogen-bond donors (Lipinski definition) is 1. The lowest BCUT2D eigenvalue weighted by Gasteiger charge is -2.30. The molecule has 0 saturated carbocycles. The van der Waals surface area contributed by atoms with Gasteiger partial charge in [0.05, 0.1) is 5.39 Å². The number of aromatic amines is 1. The Morgan fingerprint density at radius 3 is 2.45 bits per heavy atom. The Morgan fingerprint density at radius 1 is 1.14 bits per heavy atom. The highest BCUT2D eigenvalue weighted by molar-refractivity contribution is 5.87. The average molecular weight is 302 g/mol. The topological polar surface area (TPSA) is 62.4 Å². The minimum atomic E-state index is -0.166. The minimum Gasteiger partial charge on any atom is -0.483 e. The van der Waals surface area contributed by atoms with Crippen molar-refractivity contribution < 1.29 is 9.53 Å². The summed E-state index contributed by atoms with van der Waals surface area (Å²) in [7, 11) is 0. The van der Waals surface area contributed by atoms with Gasteiger partial charge >= 0.3 is 0 Å². The molecule has 0 aliphatic heterocycles. The summed E-state index contributed by atoms with van der Waals surface area (Å²) < 4.78 is 5.67. The lowest BCUT2D eigenvalue weighted by molar-refractivity contribution is -0.136. The number of benzene rings is 1. The third-order valence-corrected chi connectivity index (χ3v) is 3.53. The van der Waals surface area contributed by atoms with Crippen LogP contribution >= 0.6 is 0 Å². The van der Waals surface area contributed by atoms with Crippen molar-refractivity contribution >= 4 is 16.7 Å². The van der Waals surface area contributed by atoms with Gasteiger partial charge in [-0.2, -0.15) is 0 Å².